The summed E-state index contributed by atoms with van der Waals surface area (Å²) in [6.07, 6.45) is 8.53. The molecular formula is C13H25N. The molecule has 1 nitrogen and oxygen atoms in total. The summed E-state index contributed by atoms with van der Waals surface area (Å²) in [4.78, 5) is 0. The molecule has 1 heterocycles. The lowest BCUT2D eigenvalue weighted by molar-refractivity contribution is 0.112. The van der Waals surface area contributed by atoms with Crippen molar-refractivity contribution in [2.75, 3.05) is 0 Å². The minimum Gasteiger partial charge on any atom is -0.308 e. The van der Waals surface area contributed by atoms with Gasteiger partial charge in [0.1, 0.15) is 0 Å². The summed E-state index contributed by atoms with van der Waals surface area (Å²) in [5, 5.41) is 3.92. The SMILES string of the molecule is CCCC12N[C@@H](C)CC1CCC[C@@H]2C. The van der Waals surface area contributed by atoms with Crippen LogP contribution in [0.1, 0.15) is 59.3 Å². The maximum atomic E-state index is 3.92. The van der Waals surface area contributed by atoms with Crippen LogP contribution in [-0.2, 0) is 0 Å². The Kier molecular flexibility index (Phi) is 2.88. The topological polar surface area (TPSA) is 12.0 Å². The van der Waals surface area contributed by atoms with Crippen LogP contribution in [0.25, 0.3) is 0 Å². The van der Waals surface area contributed by atoms with Crippen molar-refractivity contribution in [2.24, 2.45) is 11.8 Å². The average molecular weight is 195 g/mol. The fourth-order valence-electron chi connectivity index (χ4n) is 4.06. The van der Waals surface area contributed by atoms with Crippen molar-refractivity contribution >= 4 is 0 Å². The fraction of sp³-hybridized carbons (Fsp3) is 1.00. The summed E-state index contributed by atoms with van der Waals surface area (Å²) >= 11 is 0. The highest BCUT2D eigenvalue weighted by Gasteiger charge is 2.49. The third-order valence-corrected chi connectivity index (χ3v) is 4.61. The quantitative estimate of drug-likeness (QED) is 0.712. The summed E-state index contributed by atoms with van der Waals surface area (Å²) in [7, 11) is 0. The lowest BCUT2D eigenvalue weighted by atomic mass is 9.66. The van der Waals surface area contributed by atoms with Crippen molar-refractivity contribution in [3.8, 4) is 0 Å². The second kappa shape index (κ2) is 3.84. The van der Waals surface area contributed by atoms with Gasteiger partial charge in [-0.05, 0) is 44.4 Å². The Labute approximate surface area is 88.7 Å². The first kappa shape index (κ1) is 10.5. The van der Waals surface area contributed by atoms with E-state index in [-0.39, 0.29) is 0 Å². The Morgan fingerprint density at radius 3 is 2.79 bits per heavy atom. The molecule has 0 aromatic carbocycles. The number of rotatable bonds is 2. The molecule has 0 aromatic rings. The van der Waals surface area contributed by atoms with Crippen molar-refractivity contribution < 1.29 is 0 Å². The van der Waals surface area contributed by atoms with Crippen LogP contribution in [0.3, 0.4) is 0 Å². The molecule has 14 heavy (non-hydrogen) atoms. The van der Waals surface area contributed by atoms with E-state index in [1.165, 1.54) is 38.5 Å². The standard InChI is InChI=1S/C13H25N/c1-4-8-13-10(2)6-5-7-12(13)9-11(3)14-13/h10-12,14H,4-9H2,1-3H3/t10-,11-,12?,13?/m0/s1. The second-order valence-corrected chi connectivity index (χ2v) is 5.60. The Morgan fingerprint density at radius 1 is 1.29 bits per heavy atom. The predicted octanol–water partition coefficient (Wildman–Crippen LogP) is 3.34. The van der Waals surface area contributed by atoms with E-state index in [0.717, 1.165) is 17.9 Å². The Morgan fingerprint density at radius 2 is 2.07 bits per heavy atom. The molecule has 4 atom stereocenters. The van der Waals surface area contributed by atoms with Crippen LogP contribution in [0.2, 0.25) is 0 Å². The molecule has 1 aliphatic carbocycles. The van der Waals surface area contributed by atoms with E-state index >= 15 is 0 Å². The number of hydrogen-bond acceptors (Lipinski definition) is 1. The van der Waals surface area contributed by atoms with E-state index in [1.54, 1.807) is 0 Å². The van der Waals surface area contributed by atoms with E-state index in [0.29, 0.717) is 5.54 Å². The fourth-order valence-corrected chi connectivity index (χ4v) is 4.06. The van der Waals surface area contributed by atoms with Gasteiger partial charge in [0.15, 0.2) is 0 Å². The third-order valence-electron chi connectivity index (χ3n) is 4.61. The van der Waals surface area contributed by atoms with Gasteiger partial charge in [0.25, 0.3) is 0 Å². The van der Waals surface area contributed by atoms with Crippen molar-refractivity contribution in [3.63, 3.8) is 0 Å². The lowest BCUT2D eigenvalue weighted by Gasteiger charge is -2.45. The first-order valence-electron chi connectivity index (χ1n) is 6.46. The van der Waals surface area contributed by atoms with Gasteiger partial charge in [0.05, 0.1) is 0 Å². The van der Waals surface area contributed by atoms with E-state index in [2.05, 4.69) is 26.1 Å². The second-order valence-electron chi connectivity index (χ2n) is 5.60. The van der Waals surface area contributed by atoms with Crippen molar-refractivity contribution in [1.82, 2.24) is 5.32 Å². The van der Waals surface area contributed by atoms with Crippen LogP contribution in [0.5, 0.6) is 0 Å². The molecule has 1 saturated heterocycles. The predicted molar refractivity (Wildman–Crippen MR) is 61.4 cm³/mol. The van der Waals surface area contributed by atoms with Gasteiger partial charge in [0, 0.05) is 11.6 Å². The maximum Gasteiger partial charge on any atom is 0.0238 e. The van der Waals surface area contributed by atoms with E-state index in [9.17, 15) is 0 Å². The molecule has 1 N–H and O–H groups in total. The number of hydrogen-bond donors (Lipinski definition) is 1. The largest absolute Gasteiger partial charge is 0.308 e. The van der Waals surface area contributed by atoms with E-state index in [4.69, 9.17) is 0 Å². The number of fused-ring (bicyclic) bond motifs is 1. The molecule has 1 aliphatic heterocycles. The molecule has 0 amide bonds. The van der Waals surface area contributed by atoms with Crippen molar-refractivity contribution in [3.05, 3.63) is 0 Å². The molecule has 82 valence electrons. The van der Waals surface area contributed by atoms with Crippen molar-refractivity contribution in [2.45, 2.75) is 70.9 Å². The monoisotopic (exact) mass is 195 g/mol. The third kappa shape index (κ3) is 1.50. The zero-order valence-corrected chi connectivity index (χ0v) is 9.97. The van der Waals surface area contributed by atoms with Gasteiger partial charge >= 0.3 is 0 Å². The van der Waals surface area contributed by atoms with Gasteiger partial charge in [-0.2, -0.15) is 0 Å². The van der Waals surface area contributed by atoms with Crippen LogP contribution in [0.15, 0.2) is 0 Å². The minimum atomic E-state index is 0.520. The van der Waals surface area contributed by atoms with E-state index in [1.807, 2.05) is 0 Å². The van der Waals surface area contributed by atoms with E-state index < -0.39 is 0 Å². The Bertz CT molecular complexity index is 201. The molecular weight excluding hydrogens is 170 g/mol. The van der Waals surface area contributed by atoms with Gasteiger partial charge in [-0.25, -0.2) is 0 Å². The van der Waals surface area contributed by atoms with Gasteiger partial charge in [-0.3, -0.25) is 0 Å². The zero-order chi connectivity index (χ0) is 10.2. The van der Waals surface area contributed by atoms with Crippen molar-refractivity contribution in [1.29, 1.82) is 0 Å². The minimum absolute atomic E-state index is 0.520. The molecule has 0 radical (unpaired) electrons. The normalized spacial score (nSPS) is 47.8. The highest BCUT2D eigenvalue weighted by Crippen LogP contribution is 2.47. The molecule has 1 saturated carbocycles. The van der Waals surface area contributed by atoms with Gasteiger partial charge in [0.2, 0.25) is 0 Å². The van der Waals surface area contributed by atoms with Crippen LogP contribution >= 0.6 is 0 Å². The van der Waals surface area contributed by atoms with Crippen LogP contribution < -0.4 is 5.32 Å². The molecule has 2 rings (SSSR count). The molecule has 2 fully saturated rings. The molecule has 2 aliphatic rings. The molecule has 0 aromatic heterocycles. The van der Waals surface area contributed by atoms with Crippen LogP contribution in [0.4, 0.5) is 0 Å². The average Bonchev–Trinajstić information content (AvgIpc) is 2.44. The zero-order valence-electron chi connectivity index (χ0n) is 9.97. The summed E-state index contributed by atoms with van der Waals surface area (Å²) in [5.41, 5.74) is 0.520. The summed E-state index contributed by atoms with van der Waals surface area (Å²) in [6.45, 7) is 7.16. The maximum absolute atomic E-state index is 3.92. The molecule has 2 unspecified atom stereocenters. The number of nitrogens with one attached hydrogen (secondary N) is 1. The molecule has 0 spiro atoms. The summed E-state index contributed by atoms with van der Waals surface area (Å²) in [5.74, 6) is 1.87. The van der Waals surface area contributed by atoms with Crippen LogP contribution in [0, 0.1) is 11.8 Å². The first-order valence-corrected chi connectivity index (χ1v) is 6.46. The van der Waals surface area contributed by atoms with Crippen LogP contribution in [-0.4, -0.2) is 11.6 Å². The smallest absolute Gasteiger partial charge is 0.0238 e. The Hall–Kier alpha value is -0.0400. The molecule has 0 bridgehead atoms. The van der Waals surface area contributed by atoms with Gasteiger partial charge in [-0.15, -0.1) is 0 Å². The summed E-state index contributed by atoms with van der Waals surface area (Å²) in [6, 6.07) is 0.757. The Balaban J connectivity index is 2.19. The lowest BCUT2D eigenvalue weighted by Crippen LogP contribution is -2.53. The van der Waals surface area contributed by atoms with Gasteiger partial charge < -0.3 is 5.32 Å². The highest BCUT2D eigenvalue weighted by molar-refractivity contribution is 5.07. The highest BCUT2D eigenvalue weighted by atomic mass is 15.1. The summed E-state index contributed by atoms with van der Waals surface area (Å²) < 4.78 is 0. The van der Waals surface area contributed by atoms with Gasteiger partial charge in [-0.1, -0.05) is 26.7 Å². The molecule has 1 heteroatoms. The first-order chi connectivity index (χ1) is 6.69.